The average molecular weight is 292 g/mol. The van der Waals surface area contributed by atoms with Crippen molar-refractivity contribution in [3.63, 3.8) is 0 Å². The van der Waals surface area contributed by atoms with Gasteiger partial charge in [-0.2, -0.15) is 16.8 Å². The number of rotatable bonds is 0. The van der Waals surface area contributed by atoms with Crippen molar-refractivity contribution in [2.24, 2.45) is 0 Å². The van der Waals surface area contributed by atoms with Gasteiger partial charge in [-0.05, 0) is 11.7 Å². The molecule has 0 fully saturated rings. The van der Waals surface area contributed by atoms with Crippen molar-refractivity contribution in [2.45, 2.75) is 0 Å². The van der Waals surface area contributed by atoms with E-state index in [4.69, 9.17) is 30.5 Å². The molecule has 0 spiro atoms. The van der Waals surface area contributed by atoms with Crippen LogP contribution < -0.4 is 0 Å². The molecule has 12 heavy (non-hydrogen) atoms. The average Bonchev–Trinajstić information content (AvgIpc) is 1.12. The molecule has 0 aromatic rings. The molecule has 12 heteroatoms. The zero-order valence-electron chi connectivity index (χ0n) is 4.59. The first-order valence-corrected chi connectivity index (χ1v) is 5.29. The van der Waals surface area contributed by atoms with Crippen LogP contribution in [0.25, 0.3) is 0 Å². The molecule has 0 radical (unpaired) electrons. The SMILES string of the molecule is O=S(=O)(O)O.O=S(=O)(O)S.[Fe].[NaH]. The van der Waals surface area contributed by atoms with E-state index in [9.17, 15) is 0 Å². The van der Waals surface area contributed by atoms with Crippen LogP contribution in [0.15, 0.2) is 0 Å². The van der Waals surface area contributed by atoms with Gasteiger partial charge in [-0.3, -0.25) is 13.7 Å². The standard InChI is InChI=1S/Fe.Na.H2O4S.H2O3S2.H/c;;2*1-5(2,3)4;/h;;2*(H2,1,2,3,4);. The summed E-state index contributed by atoms with van der Waals surface area (Å²) in [6.45, 7) is 0. The van der Waals surface area contributed by atoms with Crippen molar-refractivity contribution in [2.75, 3.05) is 0 Å². The molecule has 0 aromatic carbocycles. The maximum absolute atomic E-state index is 9.05. The molecule has 0 saturated carbocycles. The Hall–Kier alpha value is 1.65. The molecule has 0 atom stereocenters. The molecule has 74 valence electrons. The van der Waals surface area contributed by atoms with E-state index in [1.165, 1.54) is 0 Å². The van der Waals surface area contributed by atoms with Crippen molar-refractivity contribution in [3.05, 3.63) is 0 Å². The van der Waals surface area contributed by atoms with Crippen LogP contribution in [0.4, 0.5) is 0 Å². The summed E-state index contributed by atoms with van der Waals surface area (Å²) < 4.78 is 57.0. The van der Waals surface area contributed by atoms with E-state index in [-0.39, 0.29) is 46.6 Å². The van der Waals surface area contributed by atoms with Crippen molar-refractivity contribution >= 4 is 60.8 Å². The summed E-state index contributed by atoms with van der Waals surface area (Å²) in [5.74, 6) is 0. The van der Waals surface area contributed by atoms with E-state index < -0.39 is 19.5 Å². The van der Waals surface area contributed by atoms with E-state index in [1.807, 2.05) is 0 Å². The van der Waals surface area contributed by atoms with Crippen molar-refractivity contribution in [3.8, 4) is 0 Å². The first-order valence-electron chi connectivity index (χ1n) is 1.40. The Balaban J connectivity index is -0.0000000457. The van der Waals surface area contributed by atoms with Crippen molar-refractivity contribution in [1.82, 2.24) is 0 Å². The van der Waals surface area contributed by atoms with Crippen LogP contribution in [-0.4, -0.2) is 60.1 Å². The van der Waals surface area contributed by atoms with Crippen LogP contribution >= 0.6 is 11.7 Å². The molecule has 0 heterocycles. The van der Waals surface area contributed by atoms with E-state index >= 15 is 0 Å². The second-order valence-corrected chi connectivity index (χ2v) is 4.07. The predicted octanol–water partition coefficient (Wildman–Crippen LogP) is -1.58. The molecular weight excluding hydrogens is 287 g/mol. The molecule has 0 aliphatic carbocycles. The Kier molecular flexibility index (Phi) is 18.0. The van der Waals surface area contributed by atoms with E-state index in [0.717, 1.165) is 0 Å². The predicted molar refractivity (Wildman–Crippen MR) is 41.9 cm³/mol. The minimum atomic E-state index is -4.67. The van der Waals surface area contributed by atoms with Gasteiger partial charge in [-0.25, -0.2) is 0 Å². The monoisotopic (exact) mass is 292 g/mol. The van der Waals surface area contributed by atoms with Crippen molar-refractivity contribution < 1.29 is 47.6 Å². The van der Waals surface area contributed by atoms with Crippen LogP contribution in [0.5, 0.6) is 0 Å². The molecule has 0 rings (SSSR count). The van der Waals surface area contributed by atoms with Crippen LogP contribution in [-0.2, 0) is 36.6 Å². The van der Waals surface area contributed by atoms with Gasteiger partial charge in [0.2, 0.25) is 0 Å². The van der Waals surface area contributed by atoms with Gasteiger partial charge in [0.05, 0.1) is 0 Å². The normalized spacial score (nSPS) is 9.67. The summed E-state index contributed by atoms with van der Waals surface area (Å²) in [6.07, 6.45) is 0. The molecule has 7 nitrogen and oxygen atoms in total. The Morgan fingerprint density at radius 3 is 0.917 bits per heavy atom. The second-order valence-electron chi connectivity index (χ2n) is 0.896. The molecule has 0 aromatic heterocycles. The van der Waals surface area contributed by atoms with Gasteiger partial charge in [0.1, 0.15) is 0 Å². The first kappa shape index (κ1) is 23.5. The minimum absolute atomic E-state index is 0. The summed E-state index contributed by atoms with van der Waals surface area (Å²) in [6, 6.07) is 0. The first-order chi connectivity index (χ1) is 4.00. The van der Waals surface area contributed by atoms with Crippen LogP contribution in [0.2, 0.25) is 0 Å². The van der Waals surface area contributed by atoms with Gasteiger partial charge in [-0.1, -0.05) is 0 Å². The molecule has 0 aliphatic heterocycles. The topological polar surface area (TPSA) is 129 Å². The Labute approximate surface area is 107 Å². The van der Waals surface area contributed by atoms with E-state index in [1.54, 1.807) is 0 Å². The Morgan fingerprint density at radius 1 is 0.917 bits per heavy atom. The fourth-order valence-electron chi connectivity index (χ4n) is 0. The summed E-state index contributed by atoms with van der Waals surface area (Å²) in [4.78, 5) is 0. The fourth-order valence-corrected chi connectivity index (χ4v) is 0. The van der Waals surface area contributed by atoms with Crippen LogP contribution in [0, 0.1) is 0 Å². The van der Waals surface area contributed by atoms with Crippen LogP contribution in [0.1, 0.15) is 0 Å². The molecule has 0 unspecified atom stereocenters. The van der Waals surface area contributed by atoms with E-state index in [0.29, 0.717) is 0 Å². The third-order valence-electron chi connectivity index (χ3n) is 0. The molecule has 0 amide bonds. The van der Waals surface area contributed by atoms with Gasteiger partial charge in [-0.15, -0.1) is 0 Å². The van der Waals surface area contributed by atoms with Crippen LogP contribution in [0.3, 0.4) is 0 Å². The third kappa shape index (κ3) is 486. The number of hydrogen-bond donors (Lipinski definition) is 4. The van der Waals surface area contributed by atoms with Gasteiger partial charge in [0.15, 0.2) is 0 Å². The second kappa shape index (κ2) is 9.21. The number of hydrogen-bond acceptors (Lipinski definition) is 4. The Morgan fingerprint density at radius 2 is 0.917 bits per heavy atom. The molecule has 0 aliphatic rings. The fraction of sp³-hybridized carbons (Fsp3) is 0. The third-order valence-corrected chi connectivity index (χ3v) is 0. The van der Waals surface area contributed by atoms with Gasteiger partial charge >= 0.3 is 49.1 Å². The molecule has 0 saturated heterocycles. The summed E-state index contributed by atoms with van der Waals surface area (Å²) in [7, 11) is -8.64. The van der Waals surface area contributed by atoms with Crippen molar-refractivity contribution in [1.29, 1.82) is 0 Å². The van der Waals surface area contributed by atoms with Gasteiger partial charge in [0.25, 0.3) is 0 Å². The van der Waals surface area contributed by atoms with E-state index in [2.05, 4.69) is 11.7 Å². The maximum atomic E-state index is 9.05. The van der Waals surface area contributed by atoms with Gasteiger partial charge < -0.3 is 0 Å². The summed E-state index contributed by atoms with van der Waals surface area (Å²) in [5, 5.41) is 0. The molecule has 3 N–H and O–H groups in total. The van der Waals surface area contributed by atoms with Gasteiger partial charge in [0, 0.05) is 17.1 Å². The summed E-state index contributed by atoms with van der Waals surface area (Å²) in [5.41, 5.74) is 0. The zero-order chi connectivity index (χ0) is 9.00. The number of thiol groups is 1. The summed E-state index contributed by atoms with van der Waals surface area (Å²) >= 11 is 2.65. The molecule has 0 bridgehead atoms. The zero-order valence-corrected chi connectivity index (χ0v) is 8.22. The Bertz CT molecular complexity index is 215. The molecular formula is H5FeNaO7S3. The quantitative estimate of drug-likeness (QED) is 0.183.